The number of carbonyl (C=O) groups is 2. The fourth-order valence-corrected chi connectivity index (χ4v) is 5.10. The van der Waals surface area contributed by atoms with Crippen molar-refractivity contribution in [1.82, 2.24) is 15.2 Å². The van der Waals surface area contributed by atoms with E-state index >= 15 is 0 Å². The number of piperidine rings is 1. The zero-order chi connectivity index (χ0) is 23.2. The van der Waals surface area contributed by atoms with Gasteiger partial charge in [-0.15, -0.1) is 0 Å². The Morgan fingerprint density at radius 3 is 2.27 bits per heavy atom. The molecule has 2 aliphatic rings. The van der Waals surface area contributed by atoms with Crippen molar-refractivity contribution in [3.05, 3.63) is 65.2 Å². The molecule has 0 unspecified atom stereocenters. The van der Waals surface area contributed by atoms with Gasteiger partial charge < -0.3 is 10.2 Å². The molecule has 2 fully saturated rings. The van der Waals surface area contributed by atoms with Gasteiger partial charge in [0.1, 0.15) is 5.82 Å². The first kappa shape index (κ1) is 23.6. The normalized spacial score (nSPS) is 22.1. The lowest BCUT2D eigenvalue weighted by molar-refractivity contribution is 0.0832. The number of amides is 1. The molecule has 1 N–H and O–H groups in total. The number of nitrogens with one attached hydrogen (secondary N) is 1. The molecule has 0 bridgehead atoms. The van der Waals surface area contributed by atoms with Crippen LogP contribution in [0.5, 0.6) is 0 Å². The van der Waals surface area contributed by atoms with Crippen LogP contribution in [-0.2, 0) is 0 Å². The lowest BCUT2D eigenvalue weighted by Gasteiger charge is -2.34. The predicted molar refractivity (Wildman–Crippen MR) is 127 cm³/mol. The fraction of sp³-hybridized carbons (Fsp3) is 0.519. The van der Waals surface area contributed by atoms with Gasteiger partial charge in [-0.1, -0.05) is 0 Å². The first-order chi connectivity index (χ1) is 16.0. The van der Waals surface area contributed by atoms with Crippen molar-refractivity contribution in [2.45, 2.75) is 57.9 Å². The van der Waals surface area contributed by atoms with Gasteiger partial charge in [0, 0.05) is 29.4 Å². The van der Waals surface area contributed by atoms with Crippen LogP contribution in [0.25, 0.3) is 0 Å². The summed E-state index contributed by atoms with van der Waals surface area (Å²) in [5.41, 5.74) is 2.16. The van der Waals surface area contributed by atoms with Crippen LogP contribution in [0.1, 0.15) is 71.4 Å². The molecule has 2 heterocycles. The highest BCUT2D eigenvalue weighted by Gasteiger charge is 2.27. The molecule has 33 heavy (non-hydrogen) atoms. The van der Waals surface area contributed by atoms with Gasteiger partial charge in [-0.05, 0) is 114 Å². The molecule has 2 aromatic rings. The number of hydrogen-bond donors (Lipinski definition) is 1. The maximum Gasteiger partial charge on any atom is 0.253 e. The number of ketones is 1. The minimum atomic E-state index is -0.304. The number of pyridine rings is 1. The van der Waals surface area contributed by atoms with E-state index in [-0.39, 0.29) is 29.5 Å². The van der Waals surface area contributed by atoms with E-state index in [2.05, 4.69) is 15.2 Å². The summed E-state index contributed by atoms with van der Waals surface area (Å²) in [6.07, 6.45) is 8.94. The second-order valence-corrected chi connectivity index (χ2v) is 9.66. The number of aryl methyl sites for hydroxylation is 1. The van der Waals surface area contributed by atoms with E-state index in [1.54, 1.807) is 18.3 Å². The molecule has 0 spiro atoms. The first-order valence-electron chi connectivity index (χ1n) is 12.2. The van der Waals surface area contributed by atoms with Crippen molar-refractivity contribution in [2.75, 3.05) is 19.6 Å². The summed E-state index contributed by atoms with van der Waals surface area (Å²) in [6.45, 7) is 4.90. The topological polar surface area (TPSA) is 62.3 Å². The van der Waals surface area contributed by atoms with Crippen LogP contribution in [0.4, 0.5) is 4.39 Å². The molecule has 1 aromatic heterocycles. The molecular weight excluding hydrogens is 417 g/mol. The molecule has 1 saturated carbocycles. The van der Waals surface area contributed by atoms with Gasteiger partial charge in [0.2, 0.25) is 0 Å². The molecule has 5 nitrogen and oxygen atoms in total. The standard InChI is InChI=1S/C27H34FN3O2/c1-19-2-5-23(18-29-19)27(33)30-25-10-3-20(4-11-25)12-15-31-16-13-22(14-17-31)26(32)21-6-8-24(28)9-7-21/h2,5-9,18,20,22,25H,3-4,10-17H2,1H3,(H,30,33)/t20-,25-. The first-order valence-corrected chi connectivity index (χ1v) is 12.2. The van der Waals surface area contributed by atoms with E-state index in [0.717, 1.165) is 63.9 Å². The van der Waals surface area contributed by atoms with Crippen molar-refractivity contribution in [1.29, 1.82) is 0 Å². The second-order valence-electron chi connectivity index (χ2n) is 9.66. The maximum absolute atomic E-state index is 13.1. The Kier molecular flexibility index (Phi) is 7.86. The molecular formula is C27H34FN3O2. The van der Waals surface area contributed by atoms with Gasteiger partial charge in [-0.3, -0.25) is 14.6 Å². The Bertz CT molecular complexity index is 929. The Morgan fingerprint density at radius 2 is 1.64 bits per heavy atom. The number of aromatic nitrogens is 1. The third-order valence-corrected chi connectivity index (χ3v) is 7.30. The Hall–Kier alpha value is -2.60. The van der Waals surface area contributed by atoms with Crippen LogP contribution >= 0.6 is 0 Å². The van der Waals surface area contributed by atoms with Crippen LogP contribution in [0.2, 0.25) is 0 Å². The van der Waals surface area contributed by atoms with Gasteiger partial charge in [-0.25, -0.2) is 4.39 Å². The third kappa shape index (κ3) is 6.47. The summed E-state index contributed by atoms with van der Waals surface area (Å²) >= 11 is 0. The number of halogens is 1. The van der Waals surface area contributed by atoms with Crippen molar-refractivity contribution in [3.63, 3.8) is 0 Å². The molecule has 1 aromatic carbocycles. The summed E-state index contributed by atoms with van der Waals surface area (Å²) in [6, 6.07) is 9.88. The molecule has 4 rings (SSSR count). The van der Waals surface area contributed by atoms with Gasteiger partial charge in [0.25, 0.3) is 5.91 Å². The van der Waals surface area contributed by atoms with Crippen molar-refractivity contribution < 1.29 is 14.0 Å². The van der Waals surface area contributed by atoms with Crippen LogP contribution in [-0.4, -0.2) is 47.3 Å². The molecule has 1 saturated heterocycles. The highest BCUT2D eigenvalue weighted by atomic mass is 19.1. The van der Waals surface area contributed by atoms with Crippen molar-refractivity contribution >= 4 is 11.7 Å². The van der Waals surface area contributed by atoms with Crippen LogP contribution in [0.3, 0.4) is 0 Å². The molecule has 1 amide bonds. The molecule has 0 radical (unpaired) electrons. The van der Waals surface area contributed by atoms with Gasteiger partial charge in [-0.2, -0.15) is 0 Å². The largest absolute Gasteiger partial charge is 0.349 e. The smallest absolute Gasteiger partial charge is 0.253 e. The lowest BCUT2D eigenvalue weighted by Crippen LogP contribution is -2.39. The molecule has 0 atom stereocenters. The highest BCUT2D eigenvalue weighted by molar-refractivity contribution is 5.97. The maximum atomic E-state index is 13.1. The minimum absolute atomic E-state index is 0.0241. The lowest BCUT2D eigenvalue weighted by atomic mass is 9.83. The van der Waals surface area contributed by atoms with Gasteiger partial charge >= 0.3 is 0 Å². The van der Waals surface area contributed by atoms with E-state index in [4.69, 9.17) is 0 Å². The van der Waals surface area contributed by atoms with E-state index in [9.17, 15) is 14.0 Å². The van der Waals surface area contributed by atoms with E-state index < -0.39 is 0 Å². The predicted octanol–water partition coefficient (Wildman–Crippen LogP) is 4.80. The summed E-state index contributed by atoms with van der Waals surface area (Å²) in [4.78, 5) is 31.8. The average molecular weight is 452 g/mol. The summed E-state index contributed by atoms with van der Waals surface area (Å²) in [5, 5.41) is 3.17. The van der Waals surface area contributed by atoms with E-state index in [1.807, 2.05) is 19.1 Å². The average Bonchev–Trinajstić information content (AvgIpc) is 2.84. The Balaban J connectivity index is 1.14. The van der Waals surface area contributed by atoms with Crippen LogP contribution < -0.4 is 5.32 Å². The van der Waals surface area contributed by atoms with Gasteiger partial charge in [0.05, 0.1) is 5.56 Å². The van der Waals surface area contributed by atoms with E-state index in [0.29, 0.717) is 17.0 Å². The second kappa shape index (κ2) is 11.0. The number of rotatable bonds is 7. The SMILES string of the molecule is Cc1ccc(C(=O)N[C@H]2CC[C@H](CCN3CCC(C(=O)c4ccc(F)cc4)CC3)CC2)cn1. The zero-order valence-electron chi connectivity index (χ0n) is 19.4. The molecule has 1 aliphatic heterocycles. The number of hydrogen-bond acceptors (Lipinski definition) is 4. The van der Waals surface area contributed by atoms with Crippen molar-refractivity contribution in [3.8, 4) is 0 Å². The summed E-state index contributed by atoms with van der Waals surface area (Å²) < 4.78 is 13.1. The third-order valence-electron chi connectivity index (χ3n) is 7.30. The number of likely N-dealkylation sites (tertiary alicyclic amines) is 1. The van der Waals surface area contributed by atoms with Crippen LogP contribution in [0, 0.1) is 24.6 Å². The van der Waals surface area contributed by atoms with Crippen LogP contribution in [0.15, 0.2) is 42.6 Å². The number of carbonyl (C=O) groups excluding carboxylic acids is 2. The minimum Gasteiger partial charge on any atom is -0.349 e. The Morgan fingerprint density at radius 1 is 0.970 bits per heavy atom. The fourth-order valence-electron chi connectivity index (χ4n) is 5.10. The Labute approximate surface area is 195 Å². The highest BCUT2D eigenvalue weighted by Crippen LogP contribution is 2.28. The van der Waals surface area contributed by atoms with Gasteiger partial charge in [0.15, 0.2) is 5.78 Å². The van der Waals surface area contributed by atoms with E-state index in [1.165, 1.54) is 18.6 Å². The summed E-state index contributed by atoms with van der Waals surface area (Å²) in [5.74, 6) is 0.578. The monoisotopic (exact) mass is 451 g/mol. The number of benzene rings is 1. The zero-order valence-corrected chi connectivity index (χ0v) is 19.4. The molecule has 1 aliphatic carbocycles. The number of nitrogens with zero attached hydrogens (tertiary/aromatic N) is 2. The molecule has 176 valence electrons. The number of Topliss-reactive ketones (excluding diaryl/α,β-unsaturated/α-hetero) is 1. The molecule has 6 heteroatoms. The summed E-state index contributed by atoms with van der Waals surface area (Å²) in [7, 11) is 0. The quantitative estimate of drug-likeness (QED) is 0.614. The van der Waals surface area contributed by atoms with Crippen molar-refractivity contribution in [2.24, 2.45) is 11.8 Å².